The summed E-state index contributed by atoms with van der Waals surface area (Å²) in [5, 5.41) is 17.7. The molecule has 2 rings (SSSR count). The fraction of sp³-hybridized carbons (Fsp3) is 0.375. The molecule has 128 valence electrons. The first kappa shape index (κ1) is 17.6. The number of nitrogens with one attached hydrogen (secondary N) is 1. The van der Waals surface area contributed by atoms with Crippen molar-refractivity contribution in [3.63, 3.8) is 0 Å². The van der Waals surface area contributed by atoms with Gasteiger partial charge in [-0.25, -0.2) is 0 Å². The topological polar surface area (TPSA) is 93.3 Å². The first-order chi connectivity index (χ1) is 11.3. The van der Waals surface area contributed by atoms with Crippen molar-refractivity contribution in [2.45, 2.75) is 20.4 Å². The maximum absolute atomic E-state index is 12.1. The first-order valence-electron chi connectivity index (χ1n) is 7.50. The van der Waals surface area contributed by atoms with E-state index < -0.39 is 4.92 Å². The van der Waals surface area contributed by atoms with Crippen LogP contribution in [0.5, 0.6) is 0 Å². The second-order valence-corrected chi connectivity index (χ2v) is 5.80. The van der Waals surface area contributed by atoms with Gasteiger partial charge in [0.05, 0.1) is 17.2 Å². The number of anilines is 1. The largest absolute Gasteiger partial charge is 0.325 e. The van der Waals surface area contributed by atoms with Crippen LogP contribution in [-0.2, 0) is 18.4 Å². The summed E-state index contributed by atoms with van der Waals surface area (Å²) in [7, 11) is 3.76. The third kappa shape index (κ3) is 4.17. The van der Waals surface area contributed by atoms with E-state index >= 15 is 0 Å². The molecule has 0 saturated carbocycles. The van der Waals surface area contributed by atoms with E-state index in [9.17, 15) is 14.9 Å². The second-order valence-electron chi connectivity index (χ2n) is 5.80. The van der Waals surface area contributed by atoms with Gasteiger partial charge in [-0.2, -0.15) is 5.10 Å². The number of rotatable bonds is 6. The van der Waals surface area contributed by atoms with Gasteiger partial charge in [0.1, 0.15) is 0 Å². The van der Waals surface area contributed by atoms with Crippen molar-refractivity contribution >= 4 is 17.3 Å². The van der Waals surface area contributed by atoms with E-state index in [4.69, 9.17) is 0 Å². The SMILES string of the molecule is Cc1nn(C)c(C)c1CN(C)CC(=O)Nc1ccc([N+](=O)[O-])cc1. The van der Waals surface area contributed by atoms with Crippen LogP contribution in [-0.4, -0.2) is 39.1 Å². The van der Waals surface area contributed by atoms with Crippen LogP contribution in [0.4, 0.5) is 11.4 Å². The molecule has 0 aliphatic carbocycles. The highest BCUT2D eigenvalue weighted by molar-refractivity contribution is 5.92. The van der Waals surface area contributed by atoms with Crippen molar-refractivity contribution in [2.75, 3.05) is 18.9 Å². The van der Waals surface area contributed by atoms with Crippen LogP contribution in [0.2, 0.25) is 0 Å². The van der Waals surface area contributed by atoms with Gasteiger partial charge < -0.3 is 5.32 Å². The number of benzene rings is 1. The summed E-state index contributed by atoms with van der Waals surface area (Å²) >= 11 is 0. The molecule has 2 aromatic rings. The van der Waals surface area contributed by atoms with Crippen LogP contribution in [0.1, 0.15) is 17.0 Å². The molecular weight excluding hydrogens is 310 g/mol. The van der Waals surface area contributed by atoms with Gasteiger partial charge >= 0.3 is 0 Å². The maximum atomic E-state index is 12.1. The van der Waals surface area contributed by atoms with Crippen molar-refractivity contribution in [1.82, 2.24) is 14.7 Å². The molecule has 0 fully saturated rings. The van der Waals surface area contributed by atoms with Gasteiger partial charge in [-0.15, -0.1) is 0 Å². The van der Waals surface area contributed by atoms with Crippen LogP contribution in [0, 0.1) is 24.0 Å². The first-order valence-corrected chi connectivity index (χ1v) is 7.50. The fourth-order valence-electron chi connectivity index (χ4n) is 2.48. The lowest BCUT2D eigenvalue weighted by molar-refractivity contribution is -0.384. The van der Waals surface area contributed by atoms with Crippen molar-refractivity contribution < 1.29 is 9.72 Å². The standard InChI is InChI=1S/C16H21N5O3/c1-11-15(12(2)20(4)18-11)9-19(3)10-16(22)17-13-5-7-14(8-6-13)21(23)24/h5-8H,9-10H2,1-4H3,(H,17,22). The smallest absolute Gasteiger partial charge is 0.269 e. The molecule has 1 amide bonds. The Hall–Kier alpha value is -2.74. The van der Waals surface area contributed by atoms with Crippen molar-refractivity contribution in [1.29, 1.82) is 0 Å². The number of aryl methyl sites for hydroxylation is 2. The van der Waals surface area contributed by atoms with Gasteiger partial charge in [0, 0.05) is 42.7 Å². The molecule has 0 unspecified atom stereocenters. The minimum atomic E-state index is -0.474. The molecule has 24 heavy (non-hydrogen) atoms. The van der Waals surface area contributed by atoms with Gasteiger partial charge in [0.25, 0.3) is 5.69 Å². The highest BCUT2D eigenvalue weighted by atomic mass is 16.6. The lowest BCUT2D eigenvalue weighted by atomic mass is 10.2. The average Bonchev–Trinajstić information content (AvgIpc) is 2.74. The molecule has 1 heterocycles. The van der Waals surface area contributed by atoms with E-state index in [1.54, 1.807) is 0 Å². The molecule has 8 nitrogen and oxygen atoms in total. The molecule has 0 radical (unpaired) electrons. The van der Waals surface area contributed by atoms with E-state index in [1.165, 1.54) is 24.3 Å². The number of carbonyl (C=O) groups excluding carboxylic acids is 1. The van der Waals surface area contributed by atoms with Gasteiger partial charge in [0.15, 0.2) is 0 Å². The second kappa shape index (κ2) is 7.22. The van der Waals surface area contributed by atoms with E-state index in [0.717, 1.165) is 17.0 Å². The van der Waals surface area contributed by atoms with Gasteiger partial charge in [-0.05, 0) is 33.0 Å². The Morgan fingerprint density at radius 1 is 1.33 bits per heavy atom. The average molecular weight is 331 g/mol. The Labute approximate surface area is 140 Å². The predicted octanol–water partition coefficient (Wildman–Crippen LogP) is 2.02. The normalized spacial score (nSPS) is 10.9. The van der Waals surface area contributed by atoms with Crippen LogP contribution in [0.15, 0.2) is 24.3 Å². The summed E-state index contributed by atoms with van der Waals surface area (Å²) in [4.78, 5) is 24.1. The maximum Gasteiger partial charge on any atom is 0.269 e. The number of nitro groups is 1. The quantitative estimate of drug-likeness (QED) is 0.645. The summed E-state index contributed by atoms with van der Waals surface area (Å²) in [5.41, 5.74) is 3.68. The molecule has 0 atom stereocenters. The molecule has 1 aromatic carbocycles. The summed E-state index contributed by atoms with van der Waals surface area (Å²) in [5.74, 6) is -0.175. The fourth-order valence-corrected chi connectivity index (χ4v) is 2.48. The molecule has 1 aromatic heterocycles. The zero-order chi connectivity index (χ0) is 17.9. The van der Waals surface area contributed by atoms with Gasteiger partial charge in [0.2, 0.25) is 5.91 Å². The zero-order valence-electron chi connectivity index (χ0n) is 14.2. The number of hydrogen-bond donors (Lipinski definition) is 1. The Kier molecular flexibility index (Phi) is 5.30. The molecule has 0 bridgehead atoms. The van der Waals surface area contributed by atoms with Gasteiger partial charge in [-0.1, -0.05) is 0 Å². The lowest BCUT2D eigenvalue weighted by Crippen LogP contribution is -2.30. The number of hydrogen-bond acceptors (Lipinski definition) is 5. The zero-order valence-corrected chi connectivity index (χ0v) is 14.2. The number of aromatic nitrogens is 2. The summed E-state index contributed by atoms with van der Waals surface area (Å²) in [6.45, 7) is 4.79. The Morgan fingerprint density at radius 2 is 1.96 bits per heavy atom. The van der Waals surface area contributed by atoms with E-state index in [0.29, 0.717) is 12.2 Å². The van der Waals surface area contributed by atoms with Crippen LogP contribution in [0.3, 0.4) is 0 Å². The van der Waals surface area contributed by atoms with Crippen LogP contribution < -0.4 is 5.32 Å². The predicted molar refractivity (Wildman–Crippen MR) is 90.7 cm³/mol. The number of non-ortho nitro benzene ring substituents is 1. The monoisotopic (exact) mass is 331 g/mol. The third-order valence-electron chi connectivity index (χ3n) is 3.86. The number of amides is 1. The van der Waals surface area contributed by atoms with E-state index in [2.05, 4.69) is 10.4 Å². The van der Waals surface area contributed by atoms with E-state index in [1.807, 2.05) is 37.5 Å². The number of carbonyl (C=O) groups is 1. The van der Waals surface area contributed by atoms with Crippen molar-refractivity contribution in [3.05, 3.63) is 51.3 Å². The molecule has 8 heteroatoms. The minimum Gasteiger partial charge on any atom is -0.325 e. The Balaban J connectivity index is 1.92. The summed E-state index contributed by atoms with van der Waals surface area (Å²) in [6.07, 6.45) is 0. The minimum absolute atomic E-state index is 0.00681. The molecular formula is C16H21N5O3. The van der Waals surface area contributed by atoms with Crippen LogP contribution in [0.25, 0.3) is 0 Å². The third-order valence-corrected chi connectivity index (χ3v) is 3.86. The molecule has 0 aliphatic rings. The van der Waals surface area contributed by atoms with Gasteiger partial charge in [-0.3, -0.25) is 24.5 Å². The Bertz CT molecular complexity index is 752. The number of likely N-dealkylation sites (N-methyl/N-ethyl adjacent to an activating group) is 1. The van der Waals surface area contributed by atoms with Crippen LogP contribution >= 0.6 is 0 Å². The molecule has 0 saturated heterocycles. The highest BCUT2D eigenvalue weighted by Crippen LogP contribution is 2.16. The highest BCUT2D eigenvalue weighted by Gasteiger charge is 2.14. The number of nitro benzene ring substituents is 1. The van der Waals surface area contributed by atoms with E-state index in [-0.39, 0.29) is 18.1 Å². The summed E-state index contributed by atoms with van der Waals surface area (Å²) in [6, 6.07) is 5.76. The molecule has 0 spiro atoms. The molecule has 0 aliphatic heterocycles. The lowest BCUT2D eigenvalue weighted by Gasteiger charge is -2.16. The summed E-state index contributed by atoms with van der Waals surface area (Å²) < 4.78 is 1.83. The Morgan fingerprint density at radius 3 is 2.46 bits per heavy atom. The molecule has 1 N–H and O–H groups in total. The van der Waals surface area contributed by atoms with Crippen molar-refractivity contribution in [3.8, 4) is 0 Å². The van der Waals surface area contributed by atoms with Crippen molar-refractivity contribution in [2.24, 2.45) is 7.05 Å². The number of nitrogens with zero attached hydrogens (tertiary/aromatic N) is 4.